The summed E-state index contributed by atoms with van der Waals surface area (Å²) in [6.45, 7) is 1.78. The number of hydrogen-bond acceptors (Lipinski definition) is 4. The molecule has 25 heavy (non-hydrogen) atoms. The molecule has 2 saturated heterocycles. The van der Waals surface area contributed by atoms with Crippen LogP contribution in [0.5, 0.6) is 0 Å². The average molecular weight is 368 g/mol. The average Bonchev–Trinajstić information content (AvgIpc) is 2.58. The Morgan fingerprint density at radius 2 is 1.84 bits per heavy atom. The summed E-state index contributed by atoms with van der Waals surface area (Å²) in [5, 5.41) is 15.3. The second-order valence-corrected chi connectivity index (χ2v) is 6.32. The summed E-state index contributed by atoms with van der Waals surface area (Å²) >= 11 is 0. The molecule has 2 fully saturated rings. The van der Waals surface area contributed by atoms with Gasteiger partial charge in [0, 0.05) is 5.69 Å². The van der Waals surface area contributed by atoms with Gasteiger partial charge < -0.3 is 15.7 Å². The van der Waals surface area contributed by atoms with Crippen LogP contribution in [0.2, 0.25) is 0 Å². The summed E-state index contributed by atoms with van der Waals surface area (Å²) in [5.41, 5.74) is 0.529. The quantitative estimate of drug-likeness (QED) is 0.706. The minimum atomic E-state index is -1.13. The molecule has 7 nitrogen and oxygen atoms in total. The van der Waals surface area contributed by atoms with Gasteiger partial charge in [-0.2, -0.15) is 0 Å². The monoisotopic (exact) mass is 367 g/mol. The Bertz CT molecular complexity index is 634. The minimum Gasteiger partial charge on any atom is -0.480 e. The number of aliphatic carboxylic acids is 1. The number of halogens is 1. The molecule has 0 radical (unpaired) electrons. The molecular formula is C17H22ClN3O4. The van der Waals surface area contributed by atoms with Gasteiger partial charge in [-0.1, -0.05) is 18.2 Å². The number of carboxylic acid groups (broad SMARTS) is 1. The van der Waals surface area contributed by atoms with E-state index in [2.05, 4.69) is 10.6 Å². The normalized spacial score (nSPS) is 23.4. The number of piperidine rings is 1. The molecule has 0 spiro atoms. The van der Waals surface area contributed by atoms with Crippen LogP contribution in [-0.4, -0.2) is 47.0 Å². The number of carbonyl (C=O) groups is 3. The van der Waals surface area contributed by atoms with Crippen molar-refractivity contribution in [2.75, 3.05) is 18.4 Å². The number of β-lactam (4-membered cyclic amide) rings is 1. The van der Waals surface area contributed by atoms with Crippen LogP contribution in [0, 0.1) is 11.8 Å². The molecule has 2 aliphatic rings. The number of benzene rings is 1. The number of carbonyl (C=O) groups excluding carboxylic acids is 2. The molecule has 3 N–H and O–H groups in total. The first-order valence-electron chi connectivity index (χ1n) is 8.20. The molecule has 136 valence electrons. The van der Waals surface area contributed by atoms with Gasteiger partial charge in [-0.05, 0) is 50.4 Å². The summed E-state index contributed by atoms with van der Waals surface area (Å²) in [5.74, 6) is -1.79. The lowest BCUT2D eigenvalue weighted by molar-refractivity contribution is -0.166. The van der Waals surface area contributed by atoms with E-state index >= 15 is 0 Å². The van der Waals surface area contributed by atoms with Crippen LogP contribution in [-0.2, 0) is 9.59 Å². The van der Waals surface area contributed by atoms with Crippen LogP contribution in [0.25, 0.3) is 0 Å². The molecule has 3 rings (SSSR count). The zero-order valence-electron chi connectivity index (χ0n) is 13.7. The van der Waals surface area contributed by atoms with E-state index in [4.69, 9.17) is 0 Å². The van der Waals surface area contributed by atoms with Crippen LogP contribution < -0.4 is 10.6 Å². The standard InChI is InChI=1S/C17H21N3O4.ClH/c21-15-13(10-11-6-8-18-9-7-11)14(16(22)23)20(15)17(24)19-12-4-2-1-3-5-12;/h1-5,11,13-14,18H,6-10H2,(H,19,24)(H,22,23);1H/t13-,14?;/m1./s1. The number of hydrogen-bond donors (Lipinski definition) is 3. The predicted molar refractivity (Wildman–Crippen MR) is 94.7 cm³/mol. The molecule has 3 amide bonds. The molecule has 2 atom stereocenters. The van der Waals surface area contributed by atoms with Gasteiger partial charge in [-0.15, -0.1) is 12.4 Å². The lowest BCUT2D eigenvalue weighted by Gasteiger charge is -2.44. The summed E-state index contributed by atoms with van der Waals surface area (Å²) in [6, 6.07) is 6.93. The number of nitrogens with one attached hydrogen (secondary N) is 2. The Morgan fingerprint density at radius 1 is 1.20 bits per heavy atom. The second kappa shape index (κ2) is 8.31. The lowest BCUT2D eigenvalue weighted by Crippen LogP contribution is -2.67. The summed E-state index contributed by atoms with van der Waals surface area (Å²) < 4.78 is 0. The maximum Gasteiger partial charge on any atom is 0.329 e. The molecule has 0 aromatic heterocycles. The maximum atomic E-state index is 12.4. The number of imide groups is 1. The van der Waals surface area contributed by atoms with Crippen molar-refractivity contribution in [3.8, 4) is 0 Å². The highest BCUT2D eigenvalue weighted by Gasteiger charge is 2.55. The molecule has 8 heteroatoms. The number of amides is 3. The van der Waals surface area contributed by atoms with Crippen molar-refractivity contribution in [2.45, 2.75) is 25.3 Å². The number of anilines is 1. The Balaban J connectivity index is 0.00000225. The van der Waals surface area contributed by atoms with Crippen molar-refractivity contribution in [3.63, 3.8) is 0 Å². The van der Waals surface area contributed by atoms with Crippen molar-refractivity contribution in [3.05, 3.63) is 30.3 Å². The first-order chi connectivity index (χ1) is 11.6. The number of para-hydroxylation sites is 1. The fourth-order valence-electron chi connectivity index (χ4n) is 3.47. The molecule has 0 bridgehead atoms. The van der Waals surface area contributed by atoms with Crippen LogP contribution in [0.1, 0.15) is 19.3 Å². The fraction of sp³-hybridized carbons (Fsp3) is 0.471. The third-order valence-electron chi connectivity index (χ3n) is 4.76. The van der Waals surface area contributed by atoms with E-state index < -0.39 is 29.9 Å². The Morgan fingerprint density at radius 3 is 2.44 bits per heavy atom. The van der Waals surface area contributed by atoms with Gasteiger partial charge in [0.05, 0.1) is 5.92 Å². The minimum absolute atomic E-state index is 0. The van der Waals surface area contributed by atoms with E-state index in [0.717, 1.165) is 30.8 Å². The van der Waals surface area contributed by atoms with Gasteiger partial charge in [-0.25, -0.2) is 14.5 Å². The number of carboxylic acids is 1. The van der Waals surface area contributed by atoms with E-state index in [-0.39, 0.29) is 12.4 Å². The van der Waals surface area contributed by atoms with E-state index in [9.17, 15) is 19.5 Å². The third-order valence-corrected chi connectivity index (χ3v) is 4.76. The van der Waals surface area contributed by atoms with Crippen LogP contribution >= 0.6 is 12.4 Å². The van der Waals surface area contributed by atoms with E-state index in [1.165, 1.54) is 0 Å². The van der Waals surface area contributed by atoms with Crippen LogP contribution in [0.15, 0.2) is 30.3 Å². The van der Waals surface area contributed by atoms with Crippen molar-refractivity contribution >= 4 is 36.0 Å². The van der Waals surface area contributed by atoms with Crippen molar-refractivity contribution in [1.82, 2.24) is 10.2 Å². The highest BCUT2D eigenvalue weighted by atomic mass is 35.5. The predicted octanol–water partition coefficient (Wildman–Crippen LogP) is 1.94. The van der Waals surface area contributed by atoms with Crippen molar-refractivity contribution < 1.29 is 19.5 Å². The fourth-order valence-corrected chi connectivity index (χ4v) is 3.47. The lowest BCUT2D eigenvalue weighted by atomic mass is 9.78. The van der Waals surface area contributed by atoms with Crippen molar-refractivity contribution in [1.29, 1.82) is 0 Å². The van der Waals surface area contributed by atoms with Crippen LogP contribution in [0.3, 0.4) is 0 Å². The van der Waals surface area contributed by atoms with Gasteiger partial charge in [-0.3, -0.25) is 4.79 Å². The maximum absolute atomic E-state index is 12.4. The molecule has 0 saturated carbocycles. The topological polar surface area (TPSA) is 98.7 Å². The Kier molecular flexibility index (Phi) is 6.39. The van der Waals surface area contributed by atoms with E-state index in [1.807, 2.05) is 0 Å². The Labute approximate surface area is 152 Å². The van der Waals surface area contributed by atoms with Gasteiger partial charge in [0.25, 0.3) is 0 Å². The van der Waals surface area contributed by atoms with Gasteiger partial charge in [0.2, 0.25) is 5.91 Å². The molecular weight excluding hydrogens is 346 g/mol. The first kappa shape index (κ1) is 19.2. The Hall–Kier alpha value is -2.12. The molecule has 1 aromatic carbocycles. The molecule has 2 heterocycles. The summed E-state index contributed by atoms with van der Waals surface area (Å²) in [7, 11) is 0. The van der Waals surface area contributed by atoms with Crippen molar-refractivity contribution in [2.24, 2.45) is 11.8 Å². The molecule has 1 aromatic rings. The smallest absolute Gasteiger partial charge is 0.329 e. The van der Waals surface area contributed by atoms with E-state index in [1.54, 1.807) is 30.3 Å². The zero-order valence-corrected chi connectivity index (χ0v) is 14.5. The summed E-state index contributed by atoms with van der Waals surface area (Å²) in [6.07, 6.45) is 2.41. The second-order valence-electron chi connectivity index (χ2n) is 6.32. The SMILES string of the molecule is Cl.O=C(O)C1[C@@H](CC2CCNCC2)C(=O)N1C(=O)Nc1ccccc1. The van der Waals surface area contributed by atoms with E-state index in [0.29, 0.717) is 18.0 Å². The van der Waals surface area contributed by atoms with Gasteiger partial charge in [0.1, 0.15) is 0 Å². The highest BCUT2D eigenvalue weighted by molar-refractivity contribution is 6.11. The number of rotatable bonds is 4. The zero-order chi connectivity index (χ0) is 17.1. The highest BCUT2D eigenvalue weighted by Crippen LogP contribution is 2.35. The largest absolute Gasteiger partial charge is 0.480 e. The molecule has 2 aliphatic heterocycles. The first-order valence-corrected chi connectivity index (χ1v) is 8.20. The van der Waals surface area contributed by atoms with Gasteiger partial charge >= 0.3 is 12.0 Å². The van der Waals surface area contributed by atoms with Crippen LogP contribution in [0.4, 0.5) is 10.5 Å². The molecule has 0 aliphatic carbocycles. The number of likely N-dealkylation sites (tertiary alicyclic amines) is 1. The summed E-state index contributed by atoms with van der Waals surface area (Å²) in [4.78, 5) is 37.0. The van der Waals surface area contributed by atoms with Gasteiger partial charge in [0.15, 0.2) is 6.04 Å². The number of nitrogens with zero attached hydrogens (tertiary/aromatic N) is 1. The molecule has 1 unspecified atom stereocenters. The third kappa shape index (κ3) is 4.11. The number of urea groups is 1.